The number of amides is 1. The number of aliphatic imine (C=N–C) groups is 1. The first-order valence-corrected chi connectivity index (χ1v) is 6.27. The molecule has 0 heterocycles. The van der Waals surface area contributed by atoms with Crippen molar-refractivity contribution in [2.24, 2.45) is 4.99 Å². The molecule has 0 aliphatic heterocycles. The molecule has 1 aliphatic rings. The molecule has 0 unspecified atom stereocenters. The van der Waals surface area contributed by atoms with Gasteiger partial charge in [-0.3, -0.25) is 9.59 Å². The molecule has 0 fully saturated rings. The van der Waals surface area contributed by atoms with Gasteiger partial charge in [-0.2, -0.15) is 0 Å². The highest BCUT2D eigenvalue weighted by molar-refractivity contribution is 6.23. The van der Waals surface area contributed by atoms with E-state index in [1.54, 1.807) is 38.1 Å². The number of allylic oxidation sites excluding steroid dienone is 4. The minimum Gasteiger partial charge on any atom is -0.484 e. The molecule has 0 spiro atoms. The molecule has 4 heteroatoms. The van der Waals surface area contributed by atoms with Crippen LogP contribution in [0.4, 0.5) is 0 Å². The lowest BCUT2D eigenvalue weighted by Crippen LogP contribution is -2.14. The third-order valence-electron chi connectivity index (χ3n) is 2.80. The van der Waals surface area contributed by atoms with E-state index < -0.39 is 0 Å². The van der Waals surface area contributed by atoms with Gasteiger partial charge in [0, 0.05) is 0 Å². The highest BCUT2D eigenvalue weighted by Crippen LogP contribution is 2.12. The molecule has 102 valence electrons. The quantitative estimate of drug-likeness (QED) is 0.792. The lowest BCUT2D eigenvalue weighted by atomic mass is 9.98. The Morgan fingerprint density at radius 3 is 2.30 bits per heavy atom. The molecule has 0 radical (unpaired) electrons. The van der Waals surface area contributed by atoms with E-state index in [2.05, 4.69) is 4.99 Å². The third kappa shape index (κ3) is 3.51. The molecule has 4 nitrogen and oxygen atoms in total. The van der Waals surface area contributed by atoms with Crippen molar-refractivity contribution < 1.29 is 14.3 Å². The molecule has 20 heavy (non-hydrogen) atoms. The van der Waals surface area contributed by atoms with E-state index in [0.717, 1.165) is 0 Å². The minimum atomic E-state index is -0.383. The van der Waals surface area contributed by atoms with Crippen molar-refractivity contribution >= 4 is 17.4 Å². The van der Waals surface area contributed by atoms with E-state index >= 15 is 0 Å². The number of nitrogens with zero attached hydrogens (tertiary/aromatic N) is 1. The average Bonchev–Trinajstić information content (AvgIpc) is 2.43. The Kier molecular flexibility index (Phi) is 4.25. The van der Waals surface area contributed by atoms with Gasteiger partial charge in [0.2, 0.25) is 0 Å². The van der Waals surface area contributed by atoms with Gasteiger partial charge in [-0.15, -0.1) is 0 Å². The smallest absolute Gasteiger partial charge is 0.284 e. The van der Waals surface area contributed by atoms with Crippen molar-refractivity contribution in [3.05, 3.63) is 53.6 Å². The summed E-state index contributed by atoms with van der Waals surface area (Å²) in [5.74, 6) is 0.224. The van der Waals surface area contributed by atoms with Gasteiger partial charge in [0.05, 0.1) is 5.71 Å². The second kappa shape index (κ2) is 6.10. The summed E-state index contributed by atoms with van der Waals surface area (Å²) in [6, 6.07) is 9.07. The maximum Gasteiger partial charge on any atom is 0.284 e. The molecule has 0 saturated carbocycles. The molecular formula is C16H15NO3. The second-order valence-electron chi connectivity index (χ2n) is 4.52. The number of carbonyl (C=O) groups is 2. The summed E-state index contributed by atoms with van der Waals surface area (Å²) in [7, 11) is 0. The Hall–Kier alpha value is -2.49. The van der Waals surface area contributed by atoms with Crippen molar-refractivity contribution in [2.45, 2.75) is 13.8 Å². The topological polar surface area (TPSA) is 55.7 Å². The molecule has 0 bridgehead atoms. The van der Waals surface area contributed by atoms with Crippen LogP contribution in [-0.4, -0.2) is 24.0 Å². The Morgan fingerprint density at radius 1 is 1.10 bits per heavy atom. The van der Waals surface area contributed by atoms with E-state index in [1.807, 2.05) is 18.2 Å². The zero-order valence-electron chi connectivity index (χ0n) is 11.4. The molecule has 0 aromatic heterocycles. The summed E-state index contributed by atoms with van der Waals surface area (Å²) in [4.78, 5) is 27.2. The van der Waals surface area contributed by atoms with Gasteiger partial charge in [0.1, 0.15) is 5.75 Å². The van der Waals surface area contributed by atoms with Gasteiger partial charge in [-0.05, 0) is 49.3 Å². The van der Waals surface area contributed by atoms with Crippen LogP contribution < -0.4 is 4.74 Å². The number of para-hydroxylation sites is 1. The largest absolute Gasteiger partial charge is 0.484 e. The van der Waals surface area contributed by atoms with Crippen molar-refractivity contribution in [1.29, 1.82) is 0 Å². The molecule has 1 aromatic rings. The average molecular weight is 269 g/mol. The van der Waals surface area contributed by atoms with Crippen LogP contribution in [0.2, 0.25) is 0 Å². The van der Waals surface area contributed by atoms with Crippen LogP contribution in [0.3, 0.4) is 0 Å². The Bertz CT molecular complexity index is 600. The molecule has 1 aliphatic carbocycles. The zero-order valence-corrected chi connectivity index (χ0v) is 11.4. The third-order valence-corrected chi connectivity index (χ3v) is 2.80. The summed E-state index contributed by atoms with van der Waals surface area (Å²) >= 11 is 0. The number of ketones is 1. The van der Waals surface area contributed by atoms with Crippen molar-refractivity contribution in [3.63, 3.8) is 0 Å². The number of rotatable bonds is 3. The first-order valence-electron chi connectivity index (χ1n) is 6.27. The predicted octanol–water partition coefficient (Wildman–Crippen LogP) is 2.51. The maximum absolute atomic E-state index is 11.7. The number of Topliss-reactive ketones (excluding diaryl/α,β-unsaturated/α-hetero) is 1. The Labute approximate surface area is 117 Å². The van der Waals surface area contributed by atoms with Crippen molar-refractivity contribution in [3.8, 4) is 5.75 Å². The van der Waals surface area contributed by atoms with Gasteiger partial charge >= 0.3 is 0 Å². The minimum absolute atomic E-state index is 0.0167. The summed E-state index contributed by atoms with van der Waals surface area (Å²) in [6.45, 7) is 3.29. The number of carbonyl (C=O) groups excluding carboxylic acids is 2. The lowest BCUT2D eigenvalue weighted by Gasteiger charge is -2.08. The SMILES string of the molecule is CC1=CC(=NC(=O)COc2ccccc2)C=C(C)C1=O. The van der Waals surface area contributed by atoms with Crippen LogP contribution in [0.15, 0.2) is 58.6 Å². The van der Waals surface area contributed by atoms with Gasteiger partial charge in [0.25, 0.3) is 5.91 Å². The first kappa shape index (κ1) is 13.9. The number of ether oxygens (including phenoxy) is 1. The van der Waals surface area contributed by atoms with E-state index in [1.165, 1.54) is 0 Å². The number of hydrogen-bond acceptors (Lipinski definition) is 3. The highest BCUT2D eigenvalue weighted by Gasteiger charge is 2.14. The predicted molar refractivity (Wildman–Crippen MR) is 76.9 cm³/mol. The summed E-state index contributed by atoms with van der Waals surface area (Å²) < 4.78 is 5.32. The van der Waals surface area contributed by atoms with Crippen LogP contribution in [0.25, 0.3) is 0 Å². The molecule has 0 atom stereocenters. The zero-order chi connectivity index (χ0) is 14.5. The molecule has 2 rings (SSSR count). The fourth-order valence-corrected chi connectivity index (χ4v) is 1.83. The van der Waals surface area contributed by atoms with E-state index in [9.17, 15) is 9.59 Å². The summed E-state index contributed by atoms with van der Waals surface area (Å²) in [5.41, 5.74) is 1.65. The van der Waals surface area contributed by atoms with Crippen LogP contribution in [0.1, 0.15) is 13.8 Å². The van der Waals surface area contributed by atoms with Gasteiger partial charge < -0.3 is 4.74 Å². The molecule has 0 N–H and O–H groups in total. The number of benzene rings is 1. The Morgan fingerprint density at radius 2 is 1.70 bits per heavy atom. The monoisotopic (exact) mass is 269 g/mol. The molecule has 1 amide bonds. The van der Waals surface area contributed by atoms with E-state index in [-0.39, 0.29) is 18.3 Å². The van der Waals surface area contributed by atoms with Gasteiger partial charge in [-0.25, -0.2) is 4.99 Å². The van der Waals surface area contributed by atoms with Crippen LogP contribution >= 0.6 is 0 Å². The summed E-state index contributed by atoms with van der Waals surface area (Å²) in [5, 5.41) is 0. The van der Waals surface area contributed by atoms with Gasteiger partial charge in [0.15, 0.2) is 12.4 Å². The van der Waals surface area contributed by atoms with Crippen LogP contribution in [0.5, 0.6) is 5.75 Å². The van der Waals surface area contributed by atoms with E-state index in [4.69, 9.17) is 4.74 Å². The molecule has 1 aromatic carbocycles. The molecule has 0 saturated heterocycles. The Balaban J connectivity index is 2.01. The first-order chi connectivity index (χ1) is 9.56. The van der Waals surface area contributed by atoms with Crippen LogP contribution in [-0.2, 0) is 9.59 Å². The fourth-order valence-electron chi connectivity index (χ4n) is 1.83. The van der Waals surface area contributed by atoms with Crippen LogP contribution in [0, 0.1) is 0 Å². The van der Waals surface area contributed by atoms with Crippen molar-refractivity contribution in [1.82, 2.24) is 0 Å². The number of hydrogen-bond donors (Lipinski definition) is 0. The standard InChI is InChI=1S/C16H15NO3/c1-11-8-13(9-12(2)16(11)19)17-15(18)10-20-14-6-4-3-5-7-14/h3-9H,10H2,1-2H3. The maximum atomic E-state index is 11.7. The fraction of sp³-hybridized carbons (Fsp3) is 0.188. The van der Waals surface area contributed by atoms with Crippen molar-refractivity contribution in [2.75, 3.05) is 6.61 Å². The normalized spacial score (nSPS) is 14.5. The second-order valence-corrected chi connectivity index (χ2v) is 4.52. The van der Waals surface area contributed by atoms with Gasteiger partial charge in [-0.1, -0.05) is 18.2 Å². The lowest BCUT2D eigenvalue weighted by molar-refractivity contribution is -0.119. The highest BCUT2D eigenvalue weighted by atomic mass is 16.5. The van der Waals surface area contributed by atoms with E-state index in [0.29, 0.717) is 22.6 Å². The molecular weight excluding hydrogens is 254 g/mol. The summed E-state index contributed by atoms with van der Waals surface area (Å²) in [6.07, 6.45) is 3.21.